The number of carbonyl (C=O) groups excluding carboxylic acids is 1. The molecule has 1 heterocycles. The van der Waals surface area contributed by atoms with E-state index in [2.05, 4.69) is 15.9 Å². The molecule has 1 aliphatic heterocycles. The predicted octanol–water partition coefficient (Wildman–Crippen LogP) is 2.32. The van der Waals surface area contributed by atoms with Gasteiger partial charge in [0.2, 0.25) is 0 Å². The van der Waals surface area contributed by atoms with Crippen molar-refractivity contribution in [3.8, 4) is 0 Å². The number of rotatable bonds is 1. The number of amides is 1. The van der Waals surface area contributed by atoms with Gasteiger partial charge in [-0.2, -0.15) is 0 Å². The second-order valence-electron chi connectivity index (χ2n) is 4.30. The number of halogens is 3. The molecule has 0 spiro atoms. The molecule has 1 amide bonds. The zero-order valence-electron chi connectivity index (χ0n) is 9.50. The summed E-state index contributed by atoms with van der Waals surface area (Å²) in [6.45, 7) is 0.607. The summed E-state index contributed by atoms with van der Waals surface area (Å²) in [4.78, 5) is 13.4. The van der Waals surface area contributed by atoms with Crippen LogP contribution in [0.15, 0.2) is 16.6 Å². The fraction of sp³-hybridized carbons (Fsp3) is 0.417. The number of piperidine rings is 1. The van der Waals surface area contributed by atoms with Crippen LogP contribution in [0.2, 0.25) is 0 Å². The Morgan fingerprint density at radius 1 is 1.44 bits per heavy atom. The minimum atomic E-state index is -1.15. The Kier molecular flexibility index (Phi) is 3.97. The van der Waals surface area contributed by atoms with E-state index in [1.54, 1.807) is 0 Å². The molecule has 6 heteroatoms. The Labute approximate surface area is 112 Å². The number of carbonyl (C=O) groups is 1. The number of benzene rings is 1. The summed E-state index contributed by atoms with van der Waals surface area (Å²) in [6.07, 6.45) is 0.687. The highest BCUT2D eigenvalue weighted by molar-refractivity contribution is 9.10. The van der Waals surface area contributed by atoms with Crippen LogP contribution >= 0.6 is 15.9 Å². The number of hydrogen-bond donors (Lipinski definition) is 1. The molecule has 1 aliphatic rings. The number of aliphatic hydroxyl groups is 1. The molecule has 0 saturated carbocycles. The van der Waals surface area contributed by atoms with Crippen molar-refractivity contribution in [1.29, 1.82) is 0 Å². The van der Waals surface area contributed by atoms with Crippen LogP contribution in [-0.2, 0) is 0 Å². The average Bonchev–Trinajstić information content (AvgIpc) is 2.33. The Bertz CT molecular complexity index is 481. The van der Waals surface area contributed by atoms with Crippen molar-refractivity contribution in [2.24, 2.45) is 0 Å². The van der Waals surface area contributed by atoms with Gasteiger partial charge in [-0.15, -0.1) is 0 Å². The third kappa shape index (κ3) is 2.70. The van der Waals surface area contributed by atoms with Crippen LogP contribution in [0.25, 0.3) is 0 Å². The van der Waals surface area contributed by atoms with Crippen LogP contribution in [0.4, 0.5) is 8.78 Å². The Hall–Kier alpha value is -1.01. The van der Waals surface area contributed by atoms with Crippen molar-refractivity contribution in [3.05, 3.63) is 33.8 Å². The average molecular weight is 320 g/mol. The van der Waals surface area contributed by atoms with Gasteiger partial charge in [-0.3, -0.25) is 4.79 Å². The van der Waals surface area contributed by atoms with Crippen molar-refractivity contribution in [1.82, 2.24) is 4.90 Å². The van der Waals surface area contributed by atoms with Crippen molar-refractivity contribution in [2.75, 3.05) is 13.1 Å². The number of hydrogen-bond acceptors (Lipinski definition) is 2. The van der Waals surface area contributed by atoms with E-state index in [1.165, 1.54) is 11.0 Å². The standard InChI is InChI=1S/C12H12BrF2NO2/c13-7-4-9(11(15)10(14)5-7)12(18)16-3-1-2-8(17)6-16/h4-5,8,17H,1-3,6H2. The summed E-state index contributed by atoms with van der Waals surface area (Å²) in [7, 11) is 0. The molecule has 0 aromatic heterocycles. The van der Waals surface area contributed by atoms with Gasteiger partial charge in [-0.1, -0.05) is 15.9 Å². The predicted molar refractivity (Wildman–Crippen MR) is 65.2 cm³/mol. The van der Waals surface area contributed by atoms with E-state index in [4.69, 9.17) is 0 Å². The molecule has 2 rings (SSSR count). The maximum atomic E-state index is 13.6. The third-order valence-corrected chi connectivity index (χ3v) is 3.36. The zero-order valence-corrected chi connectivity index (χ0v) is 11.1. The minimum Gasteiger partial charge on any atom is -0.391 e. The molecule has 0 aliphatic carbocycles. The zero-order chi connectivity index (χ0) is 13.3. The molecule has 1 N–H and O–H groups in total. The van der Waals surface area contributed by atoms with Gasteiger partial charge in [-0.05, 0) is 25.0 Å². The van der Waals surface area contributed by atoms with Gasteiger partial charge in [0.15, 0.2) is 11.6 Å². The van der Waals surface area contributed by atoms with Crippen LogP contribution in [-0.4, -0.2) is 35.1 Å². The summed E-state index contributed by atoms with van der Waals surface area (Å²) < 4.78 is 27.1. The normalized spacial score (nSPS) is 20.0. The summed E-state index contributed by atoms with van der Waals surface area (Å²) in [5, 5.41) is 9.48. The molecule has 18 heavy (non-hydrogen) atoms. The molecular formula is C12H12BrF2NO2. The number of nitrogens with zero attached hydrogens (tertiary/aromatic N) is 1. The second kappa shape index (κ2) is 5.32. The SMILES string of the molecule is O=C(c1cc(Br)cc(F)c1F)N1CCCC(O)C1. The first-order valence-corrected chi connectivity index (χ1v) is 6.40. The fourth-order valence-corrected chi connectivity index (χ4v) is 2.45. The van der Waals surface area contributed by atoms with Crippen LogP contribution in [0.3, 0.4) is 0 Å². The van der Waals surface area contributed by atoms with Gasteiger partial charge in [0.05, 0.1) is 11.7 Å². The molecule has 0 radical (unpaired) electrons. The Balaban J connectivity index is 2.28. The van der Waals surface area contributed by atoms with E-state index in [9.17, 15) is 18.7 Å². The molecule has 98 valence electrons. The van der Waals surface area contributed by atoms with Gasteiger partial charge < -0.3 is 10.0 Å². The minimum absolute atomic E-state index is 0.159. The lowest BCUT2D eigenvalue weighted by atomic mass is 10.1. The van der Waals surface area contributed by atoms with Crippen molar-refractivity contribution < 1.29 is 18.7 Å². The number of likely N-dealkylation sites (tertiary alicyclic amines) is 1. The largest absolute Gasteiger partial charge is 0.391 e. The van der Waals surface area contributed by atoms with Crippen molar-refractivity contribution in [2.45, 2.75) is 18.9 Å². The van der Waals surface area contributed by atoms with Crippen LogP contribution < -0.4 is 0 Å². The summed E-state index contributed by atoms with van der Waals surface area (Å²) in [5.41, 5.74) is -0.309. The highest BCUT2D eigenvalue weighted by Gasteiger charge is 2.26. The number of aliphatic hydroxyl groups excluding tert-OH is 1. The monoisotopic (exact) mass is 319 g/mol. The molecule has 3 nitrogen and oxygen atoms in total. The van der Waals surface area contributed by atoms with E-state index in [0.717, 1.165) is 6.07 Å². The van der Waals surface area contributed by atoms with Gasteiger partial charge in [0.1, 0.15) is 0 Å². The smallest absolute Gasteiger partial charge is 0.257 e. The Morgan fingerprint density at radius 3 is 2.83 bits per heavy atom. The molecule has 0 bridgehead atoms. The van der Waals surface area contributed by atoms with Crippen LogP contribution in [0.1, 0.15) is 23.2 Å². The lowest BCUT2D eigenvalue weighted by Gasteiger charge is -2.30. The van der Waals surface area contributed by atoms with Crippen molar-refractivity contribution >= 4 is 21.8 Å². The van der Waals surface area contributed by atoms with Gasteiger partial charge in [0.25, 0.3) is 5.91 Å². The first-order chi connectivity index (χ1) is 8.49. The quantitative estimate of drug-likeness (QED) is 0.807. The van der Waals surface area contributed by atoms with E-state index in [1.807, 2.05) is 0 Å². The number of β-amino-alcohol motifs (C(OH)–C–C–N with tert-alkyl or cyclic N) is 1. The first-order valence-electron chi connectivity index (χ1n) is 5.61. The topological polar surface area (TPSA) is 40.5 Å². The van der Waals surface area contributed by atoms with Crippen LogP contribution in [0, 0.1) is 11.6 Å². The summed E-state index contributed by atoms with van der Waals surface area (Å²) in [5.74, 6) is -2.81. The second-order valence-corrected chi connectivity index (χ2v) is 5.21. The van der Waals surface area contributed by atoms with E-state index < -0.39 is 23.6 Å². The molecular weight excluding hydrogens is 308 g/mol. The molecule has 1 atom stereocenters. The third-order valence-electron chi connectivity index (χ3n) is 2.91. The maximum absolute atomic E-state index is 13.6. The fourth-order valence-electron chi connectivity index (χ4n) is 2.02. The summed E-state index contributed by atoms with van der Waals surface area (Å²) in [6, 6.07) is 2.22. The van der Waals surface area contributed by atoms with E-state index in [0.29, 0.717) is 23.9 Å². The van der Waals surface area contributed by atoms with Crippen molar-refractivity contribution in [3.63, 3.8) is 0 Å². The first kappa shape index (κ1) is 13.4. The lowest BCUT2D eigenvalue weighted by Crippen LogP contribution is -2.42. The Morgan fingerprint density at radius 2 is 2.17 bits per heavy atom. The van der Waals surface area contributed by atoms with Gasteiger partial charge in [0, 0.05) is 17.6 Å². The van der Waals surface area contributed by atoms with Crippen LogP contribution in [0.5, 0.6) is 0 Å². The van der Waals surface area contributed by atoms with Gasteiger partial charge in [-0.25, -0.2) is 8.78 Å². The maximum Gasteiger partial charge on any atom is 0.257 e. The van der Waals surface area contributed by atoms with E-state index >= 15 is 0 Å². The van der Waals surface area contributed by atoms with E-state index in [-0.39, 0.29) is 12.1 Å². The molecule has 1 unspecified atom stereocenters. The molecule has 1 saturated heterocycles. The molecule has 1 aromatic carbocycles. The highest BCUT2D eigenvalue weighted by Crippen LogP contribution is 2.22. The molecule has 1 fully saturated rings. The van der Waals surface area contributed by atoms with Gasteiger partial charge >= 0.3 is 0 Å². The highest BCUT2D eigenvalue weighted by atomic mass is 79.9. The molecule has 1 aromatic rings. The summed E-state index contributed by atoms with van der Waals surface area (Å²) >= 11 is 3.02. The lowest BCUT2D eigenvalue weighted by molar-refractivity contribution is 0.0469.